The maximum atomic E-state index is 12.7. The van der Waals surface area contributed by atoms with E-state index >= 15 is 0 Å². The molecule has 0 aliphatic heterocycles. The van der Waals surface area contributed by atoms with Crippen molar-refractivity contribution in [1.82, 2.24) is 14.9 Å². The first-order chi connectivity index (χ1) is 15.5. The number of imide groups is 1. The van der Waals surface area contributed by atoms with E-state index in [1.54, 1.807) is 0 Å². The van der Waals surface area contributed by atoms with Gasteiger partial charge >= 0.3 is 5.97 Å². The molecular formula is C24H42N4O4. The molecule has 1 atom stereocenters. The van der Waals surface area contributed by atoms with Gasteiger partial charge in [-0.25, -0.2) is 9.78 Å². The fraction of sp³-hybridized carbons (Fsp3) is 0.750. The highest BCUT2D eigenvalue weighted by molar-refractivity contribution is 6.00. The highest BCUT2D eigenvalue weighted by Gasteiger charge is 2.34. The van der Waals surface area contributed by atoms with Crippen molar-refractivity contribution in [2.75, 3.05) is 6.54 Å². The molecule has 0 saturated carbocycles. The number of imidazole rings is 1. The molecule has 4 N–H and O–H groups in total. The van der Waals surface area contributed by atoms with Gasteiger partial charge in [0, 0.05) is 24.7 Å². The van der Waals surface area contributed by atoms with E-state index in [4.69, 9.17) is 5.73 Å². The largest absolute Gasteiger partial charge is 0.480 e. The molecule has 0 spiro atoms. The molecule has 0 bridgehead atoms. The van der Waals surface area contributed by atoms with E-state index in [2.05, 4.69) is 16.9 Å². The second-order valence-electron chi connectivity index (χ2n) is 8.49. The minimum absolute atomic E-state index is 0.0224. The zero-order valence-corrected chi connectivity index (χ0v) is 19.7. The number of aromatic amines is 1. The predicted octanol–water partition coefficient (Wildman–Crippen LogP) is 4.20. The van der Waals surface area contributed by atoms with Crippen LogP contribution >= 0.6 is 0 Å². The number of aliphatic carboxylic acids is 1. The van der Waals surface area contributed by atoms with Crippen molar-refractivity contribution in [3.63, 3.8) is 0 Å². The van der Waals surface area contributed by atoms with E-state index in [1.165, 1.54) is 70.3 Å². The minimum Gasteiger partial charge on any atom is -0.480 e. The first-order valence-corrected chi connectivity index (χ1v) is 12.3. The van der Waals surface area contributed by atoms with Crippen LogP contribution in [0, 0.1) is 0 Å². The van der Waals surface area contributed by atoms with Crippen LogP contribution in [0.4, 0.5) is 0 Å². The van der Waals surface area contributed by atoms with Gasteiger partial charge in [0.2, 0.25) is 11.8 Å². The number of aromatic nitrogens is 2. The number of rotatable bonds is 19. The van der Waals surface area contributed by atoms with Gasteiger partial charge in [-0.2, -0.15) is 0 Å². The predicted molar refractivity (Wildman–Crippen MR) is 125 cm³/mol. The molecule has 0 fully saturated rings. The number of nitrogens with one attached hydrogen (secondary N) is 1. The van der Waals surface area contributed by atoms with Gasteiger partial charge < -0.3 is 15.8 Å². The lowest BCUT2D eigenvalue weighted by molar-refractivity contribution is -0.157. The van der Waals surface area contributed by atoms with Crippen molar-refractivity contribution in [3.8, 4) is 0 Å². The van der Waals surface area contributed by atoms with Crippen LogP contribution in [0.5, 0.6) is 0 Å². The first kappa shape index (κ1) is 27.8. The molecule has 8 heteroatoms. The van der Waals surface area contributed by atoms with Crippen LogP contribution in [-0.2, 0) is 20.8 Å². The third kappa shape index (κ3) is 11.4. The number of hydrogen-bond donors (Lipinski definition) is 3. The van der Waals surface area contributed by atoms with Gasteiger partial charge in [-0.3, -0.25) is 14.5 Å². The molecule has 1 heterocycles. The zero-order valence-electron chi connectivity index (χ0n) is 19.7. The Bertz CT molecular complexity index is 648. The lowest BCUT2D eigenvalue weighted by atomic mass is 10.0. The molecule has 32 heavy (non-hydrogen) atoms. The molecule has 0 aliphatic rings. The van der Waals surface area contributed by atoms with Crippen LogP contribution in [0.25, 0.3) is 0 Å². The summed E-state index contributed by atoms with van der Waals surface area (Å²) in [6.45, 7) is 1.83. The van der Waals surface area contributed by atoms with Gasteiger partial charge in [-0.15, -0.1) is 0 Å². The van der Waals surface area contributed by atoms with E-state index < -0.39 is 30.4 Å². The number of carbonyl (C=O) groups excluding carboxylic acids is 2. The van der Waals surface area contributed by atoms with E-state index in [0.717, 1.165) is 24.2 Å². The molecule has 182 valence electrons. The summed E-state index contributed by atoms with van der Waals surface area (Å²) in [5.41, 5.74) is 5.98. The maximum Gasteiger partial charge on any atom is 0.327 e. The average molecular weight is 451 g/mol. The maximum absolute atomic E-state index is 12.7. The standard InChI is InChI=1S/C24H42N4O4/c1-2-3-4-5-6-7-8-9-10-11-12-13-14-15-22(29)28(23(30)17-25)21(24(31)32)16-20-18-26-19-27-20/h18-19,21H,2-17,25H2,1H3,(H,26,27)(H,31,32). The van der Waals surface area contributed by atoms with Gasteiger partial charge in [0.05, 0.1) is 12.9 Å². The quantitative estimate of drug-likeness (QED) is 0.271. The van der Waals surface area contributed by atoms with Crippen molar-refractivity contribution >= 4 is 17.8 Å². The van der Waals surface area contributed by atoms with Gasteiger partial charge in [0.25, 0.3) is 0 Å². The summed E-state index contributed by atoms with van der Waals surface area (Å²) in [7, 11) is 0. The SMILES string of the molecule is CCCCCCCCCCCCCCCC(=O)N(C(=O)CN)C(Cc1cnc[nH]1)C(=O)O. The molecule has 0 aromatic carbocycles. The normalized spacial score (nSPS) is 11.9. The lowest BCUT2D eigenvalue weighted by Crippen LogP contribution is -2.51. The number of hydrogen-bond acceptors (Lipinski definition) is 5. The number of carboxylic acid groups (broad SMARTS) is 1. The van der Waals surface area contributed by atoms with E-state index in [9.17, 15) is 19.5 Å². The highest BCUT2D eigenvalue weighted by Crippen LogP contribution is 2.15. The number of nitrogens with zero attached hydrogens (tertiary/aromatic N) is 2. The second-order valence-corrected chi connectivity index (χ2v) is 8.49. The zero-order chi connectivity index (χ0) is 23.6. The van der Waals surface area contributed by atoms with Crippen molar-refractivity contribution in [2.24, 2.45) is 5.73 Å². The van der Waals surface area contributed by atoms with Crippen LogP contribution < -0.4 is 5.73 Å². The lowest BCUT2D eigenvalue weighted by Gasteiger charge is -2.26. The molecule has 8 nitrogen and oxygen atoms in total. The van der Waals surface area contributed by atoms with Crippen LogP contribution in [0.1, 0.15) is 103 Å². The molecule has 2 amide bonds. The van der Waals surface area contributed by atoms with Crippen molar-refractivity contribution in [1.29, 1.82) is 0 Å². The molecule has 1 aromatic heterocycles. The summed E-state index contributed by atoms with van der Waals surface area (Å²) in [4.78, 5) is 44.2. The molecule has 0 saturated heterocycles. The van der Waals surface area contributed by atoms with Crippen molar-refractivity contribution in [2.45, 2.75) is 109 Å². The van der Waals surface area contributed by atoms with Gasteiger partial charge in [-0.05, 0) is 6.42 Å². The fourth-order valence-electron chi connectivity index (χ4n) is 3.89. The monoisotopic (exact) mass is 450 g/mol. The van der Waals surface area contributed by atoms with Crippen molar-refractivity contribution in [3.05, 3.63) is 18.2 Å². The smallest absolute Gasteiger partial charge is 0.327 e. The van der Waals surface area contributed by atoms with E-state index in [1.807, 2.05) is 0 Å². The molecule has 0 radical (unpaired) electrons. The van der Waals surface area contributed by atoms with Crippen LogP contribution in [0.15, 0.2) is 12.5 Å². The van der Waals surface area contributed by atoms with Crippen LogP contribution in [0.3, 0.4) is 0 Å². The molecular weight excluding hydrogens is 408 g/mol. The number of nitrogens with two attached hydrogens (primary N) is 1. The second kappa shape index (κ2) is 17.3. The summed E-state index contributed by atoms with van der Waals surface area (Å²) < 4.78 is 0. The minimum atomic E-state index is -1.29. The van der Waals surface area contributed by atoms with Crippen LogP contribution in [0.2, 0.25) is 0 Å². The molecule has 1 aromatic rings. The highest BCUT2D eigenvalue weighted by atomic mass is 16.4. The summed E-state index contributed by atoms with van der Waals surface area (Å²) in [5.74, 6) is -2.38. The van der Waals surface area contributed by atoms with Gasteiger partial charge in [0.1, 0.15) is 6.04 Å². The Morgan fingerprint density at radius 2 is 1.47 bits per heavy atom. The number of unbranched alkanes of at least 4 members (excludes halogenated alkanes) is 12. The third-order valence-corrected chi connectivity index (χ3v) is 5.77. The van der Waals surface area contributed by atoms with Gasteiger partial charge in [-0.1, -0.05) is 84.0 Å². The Kier molecular flexibility index (Phi) is 15.1. The first-order valence-electron chi connectivity index (χ1n) is 12.3. The summed E-state index contributed by atoms with van der Waals surface area (Å²) in [6, 6.07) is -1.29. The molecule has 0 aliphatic carbocycles. The Morgan fingerprint density at radius 1 is 0.938 bits per heavy atom. The Labute approximate surface area is 192 Å². The number of amides is 2. The van der Waals surface area contributed by atoms with Gasteiger partial charge in [0.15, 0.2) is 0 Å². The topological polar surface area (TPSA) is 129 Å². The Hall–Kier alpha value is -2.22. The third-order valence-electron chi connectivity index (χ3n) is 5.77. The fourth-order valence-corrected chi connectivity index (χ4v) is 3.89. The van der Waals surface area contributed by atoms with Crippen LogP contribution in [-0.4, -0.2) is 50.3 Å². The summed E-state index contributed by atoms with van der Waals surface area (Å²) >= 11 is 0. The van der Waals surface area contributed by atoms with E-state index in [0.29, 0.717) is 12.1 Å². The number of carbonyl (C=O) groups is 3. The summed E-state index contributed by atoms with van der Waals surface area (Å²) in [6.07, 6.45) is 18.6. The van der Waals surface area contributed by atoms with E-state index in [-0.39, 0.29) is 12.8 Å². The average Bonchev–Trinajstić information content (AvgIpc) is 3.29. The molecule has 1 rings (SSSR count). The number of H-pyrrole nitrogens is 1. The van der Waals surface area contributed by atoms with Crippen molar-refractivity contribution < 1.29 is 19.5 Å². The molecule has 1 unspecified atom stereocenters. The Balaban J connectivity index is 2.29. The number of carboxylic acids is 1. The Morgan fingerprint density at radius 3 is 1.91 bits per heavy atom. The summed E-state index contributed by atoms with van der Waals surface area (Å²) in [5, 5.41) is 9.60.